The van der Waals surface area contributed by atoms with Gasteiger partial charge in [-0.05, 0) is 19.1 Å². The molecule has 2 heterocycles. The molecule has 0 aliphatic rings. The summed E-state index contributed by atoms with van der Waals surface area (Å²) in [7, 11) is 0. The van der Waals surface area contributed by atoms with Crippen molar-refractivity contribution in [3.8, 4) is 0 Å². The molecular weight excluding hydrogens is 174 g/mol. The molecule has 12 heavy (non-hydrogen) atoms. The smallest absolute Gasteiger partial charge is 0.179 e. The van der Waals surface area contributed by atoms with Crippen molar-refractivity contribution in [3.63, 3.8) is 0 Å². The number of rotatable bonds is 1. The van der Waals surface area contributed by atoms with Crippen LogP contribution in [0.2, 0.25) is 5.15 Å². The van der Waals surface area contributed by atoms with Crippen LogP contribution in [0.3, 0.4) is 0 Å². The normalized spacial score (nSPS) is 10.8. The van der Waals surface area contributed by atoms with Crippen LogP contribution < -0.4 is 0 Å². The summed E-state index contributed by atoms with van der Waals surface area (Å²) in [5, 5.41) is 0.490. The van der Waals surface area contributed by atoms with Gasteiger partial charge >= 0.3 is 0 Å². The SMILES string of the molecule is CCn1cnc2nc(Cl)ccc21. The molecule has 0 saturated heterocycles. The van der Waals surface area contributed by atoms with Gasteiger partial charge in [0.25, 0.3) is 0 Å². The molecule has 0 fully saturated rings. The summed E-state index contributed by atoms with van der Waals surface area (Å²) in [6.45, 7) is 2.97. The quantitative estimate of drug-likeness (QED) is 0.631. The Hall–Kier alpha value is -1.09. The summed E-state index contributed by atoms with van der Waals surface area (Å²) >= 11 is 5.71. The van der Waals surface area contributed by atoms with Crippen LogP contribution in [0.15, 0.2) is 18.5 Å². The van der Waals surface area contributed by atoms with Crippen LogP contribution in [-0.4, -0.2) is 14.5 Å². The van der Waals surface area contributed by atoms with Gasteiger partial charge in [-0.15, -0.1) is 0 Å². The van der Waals surface area contributed by atoms with E-state index in [0.717, 1.165) is 12.1 Å². The van der Waals surface area contributed by atoms with Crippen LogP contribution >= 0.6 is 11.6 Å². The third kappa shape index (κ3) is 1.06. The van der Waals surface area contributed by atoms with E-state index >= 15 is 0 Å². The summed E-state index contributed by atoms with van der Waals surface area (Å²) in [5.41, 5.74) is 1.74. The number of aromatic nitrogens is 3. The van der Waals surface area contributed by atoms with Crippen LogP contribution in [-0.2, 0) is 6.54 Å². The predicted octanol–water partition coefficient (Wildman–Crippen LogP) is 2.10. The molecule has 0 spiro atoms. The Morgan fingerprint density at radius 2 is 2.33 bits per heavy atom. The lowest BCUT2D eigenvalue weighted by molar-refractivity contribution is 0.787. The van der Waals surface area contributed by atoms with Crippen LogP contribution in [0.5, 0.6) is 0 Å². The third-order valence-electron chi connectivity index (χ3n) is 1.79. The average molecular weight is 182 g/mol. The summed E-state index contributed by atoms with van der Waals surface area (Å²) in [5.74, 6) is 0. The highest BCUT2D eigenvalue weighted by atomic mass is 35.5. The number of hydrogen-bond acceptors (Lipinski definition) is 2. The van der Waals surface area contributed by atoms with Crippen molar-refractivity contribution in [2.75, 3.05) is 0 Å². The number of halogens is 1. The second-order valence-corrected chi connectivity index (χ2v) is 2.89. The molecule has 2 aromatic heterocycles. The van der Waals surface area contributed by atoms with Crippen molar-refractivity contribution < 1.29 is 0 Å². The molecule has 0 aliphatic heterocycles. The molecule has 2 aromatic rings. The fraction of sp³-hybridized carbons (Fsp3) is 0.250. The lowest BCUT2D eigenvalue weighted by Gasteiger charge is -1.96. The molecule has 0 aliphatic carbocycles. The summed E-state index contributed by atoms with van der Waals surface area (Å²) in [6.07, 6.45) is 1.77. The summed E-state index contributed by atoms with van der Waals surface area (Å²) < 4.78 is 2.03. The van der Waals surface area contributed by atoms with Gasteiger partial charge in [0.05, 0.1) is 11.8 Å². The predicted molar refractivity (Wildman–Crippen MR) is 48.2 cm³/mol. The molecule has 0 atom stereocenters. The zero-order valence-electron chi connectivity index (χ0n) is 6.66. The van der Waals surface area contributed by atoms with Gasteiger partial charge in [-0.1, -0.05) is 11.6 Å². The topological polar surface area (TPSA) is 30.7 Å². The molecule has 4 heteroatoms. The molecule has 0 N–H and O–H groups in total. The lowest BCUT2D eigenvalue weighted by atomic mass is 10.4. The third-order valence-corrected chi connectivity index (χ3v) is 2.00. The Balaban J connectivity index is 2.73. The maximum absolute atomic E-state index is 5.71. The lowest BCUT2D eigenvalue weighted by Crippen LogP contribution is -1.90. The first-order valence-corrected chi connectivity index (χ1v) is 4.16. The van der Waals surface area contributed by atoms with Crippen molar-refractivity contribution in [1.29, 1.82) is 0 Å². The Bertz CT molecular complexity index is 408. The maximum atomic E-state index is 5.71. The van der Waals surface area contributed by atoms with E-state index in [0.29, 0.717) is 10.8 Å². The Labute approximate surface area is 75.0 Å². The minimum atomic E-state index is 0.490. The van der Waals surface area contributed by atoms with Crippen molar-refractivity contribution in [2.24, 2.45) is 0 Å². The fourth-order valence-corrected chi connectivity index (χ4v) is 1.32. The monoisotopic (exact) mass is 181 g/mol. The molecule has 3 nitrogen and oxygen atoms in total. The van der Waals surface area contributed by atoms with E-state index in [1.807, 2.05) is 10.6 Å². The second-order valence-electron chi connectivity index (χ2n) is 2.51. The van der Waals surface area contributed by atoms with Gasteiger partial charge in [0.1, 0.15) is 5.15 Å². The number of imidazole rings is 1. The largest absolute Gasteiger partial charge is 0.330 e. The first-order valence-electron chi connectivity index (χ1n) is 3.78. The zero-order chi connectivity index (χ0) is 8.55. The van der Waals surface area contributed by atoms with E-state index in [1.165, 1.54) is 0 Å². The van der Waals surface area contributed by atoms with Crippen LogP contribution in [0.1, 0.15) is 6.92 Å². The maximum Gasteiger partial charge on any atom is 0.179 e. The standard InChI is InChI=1S/C8H8ClN3/c1-2-12-5-10-8-6(12)3-4-7(9)11-8/h3-5H,2H2,1H3. The van der Waals surface area contributed by atoms with Crippen molar-refractivity contribution in [2.45, 2.75) is 13.5 Å². The first kappa shape index (κ1) is 7.55. The van der Waals surface area contributed by atoms with E-state index in [1.54, 1.807) is 12.4 Å². The van der Waals surface area contributed by atoms with Crippen LogP contribution in [0, 0.1) is 0 Å². The molecule has 62 valence electrons. The van der Waals surface area contributed by atoms with E-state index in [2.05, 4.69) is 16.9 Å². The minimum Gasteiger partial charge on any atom is -0.330 e. The van der Waals surface area contributed by atoms with Crippen LogP contribution in [0.4, 0.5) is 0 Å². The highest BCUT2D eigenvalue weighted by molar-refractivity contribution is 6.29. The average Bonchev–Trinajstić information content (AvgIpc) is 2.46. The summed E-state index contributed by atoms with van der Waals surface area (Å²) in [6, 6.07) is 3.71. The van der Waals surface area contributed by atoms with Crippen molar-refractivity contribution in [3.05, 3.63) is 23.6 Å². The van der Waals surface area contributed by atoms with E-state index in [-0.39, 0.29) is 0 Å². The van der Waals surface area contributed by atoms with Gasteiger partial charge < -0.3 is 4.57 Å². The molecule has 0 bridgehead atoms. The number of aryl methyl sites for hydroxylation is 1. The van der Waals surface area contributed by atoms with Gasteiger partial charge in [-0.25, -0.2) is 9.97 Å². The molecule has 0 unspecified atom stereocenters. The number of fused-ring (bicyclic) bond motifs is 1. The van der Waals surface area contributed by atoms with Gasteiger partial charge in [-0.2, -0.15) is 0 Å². The molecular formula is C8H8ClN3. The number of pyridine rings is 1. The number of hydrogen-bond donors (Lipinski definition) is 0. The molecule has 0 amide bonds. The number of nitrogens with zero attached hydrogens (tertiary/aromatic N) is 3. The van der Waals surface area contributed by atoms with Gasteiger partial charge in [0.15, 0.2) is 5.65 Å². The van der Waals surface area contributed by atoms with Gasteiger partial charge in [-0.3, -0.25) is 0 Å². The minimum absolute atomic E-state index is 0.490. The Kier molecular flexibility index (Phi) is 1.73. The van der Waals surface area contributed by atoms with E-state index in [9.17, 15) is 0 Å². The molecule has 2 rings (SSSR count). The zero-order valence-corrected chi connectivity index (χ0v) is 7.41. The van der Waals surface area contributed by atoms with Crippen molar-refractivity contribution in [1.82, 2.24) is 14.5 Å². The van der Waals surface area contributed by atoms with Crippen LogP contribution in [0.25, 0.3) is 11.2 Å². The first-order chi connectivity index (χ1) is 5.81. The fourth-order valence-electron chi connectivity index (χ4n) is 1.18. The van der Waals surface area contributed by atoms with E-state index < -0.39 is 0 Å². The Morgan fingerprint density at radius 1 is 1.50 bits per heavy atom. The molecule has 0 radical (unpaired) electrons. The highest BCUT2D eigenvalue weighted by Crippen LogP contribution is 2.13. The Morgan fingerprint density at radius 3 is 3.08 bits per heavy atom. The summed E-state index contributed by atoms with van der Waals surface area (Å²) in [4.78, 5) is 8.20. The van der Waals surface area contributed by atoms with Gasteiger partial charge in [0, 0.05) is 6.54 Å². The van der Waals surface area contributed by atoms with Crippen molar-refractivity contribution >= 4 is 22.8 Å². The molecule has 0 saturated carbocycles. The second kappa shape index (κ2) is 2.75. The highest BCUT2D eigenvalue weighted by Gasteiger charge is 2.01. The van der Waals surface area contributed by atoms with E-state index in [4.69, 9.17) is 11.6 Å². The molecule has 0 aromatic carbocycles. The van der Waals surface area contributed by atoms with Gasteiger partial charge in [0.2, 0.25) is 0 Å².